The van der Waals surface area contributed by atoms with Crippen LogP contribution in [0, 0.1) is 0 Å². The number of benzene rings is 2. The van der Waals surface area contributed by atoms with Crippen LogP contribution in [0.3, 0.4) is 0 Å². The standard InChI is InChI=1S/C29H32F6N2O3S2/c1-3-5-15-37(16-6-4-2)19-27(41-42(38,39)40)22-17-25(20-7-11-23(12-8-20)28(30,31)32)36-26(18-22)21-9-13-24(14-10-21)29(33,34)35/h7-14,17-18,27H,3-6,15-16,19H2,1-2H3,(H,38,39,40). The maximum absolute atomic E-state index is 13.2. The largest absolute Gasteiger partial charge is 0.416 e. The minimum atomic E-state index is -4.56. The molecule has 1 aromatic heterocycles. The van der Waals surface area contributed by atoms with Gasteiger partial charge in [-0.3, -0.25) is 4.55 Å². The Morgan fingerprint density at radius 3 is 1.52 bits per heavy atom. The van der Waals surface area contributed by atoms with Crippen molar-refractivity contribution in [2.75, 3.05) is 19.6 Å². The predicted molar refractivity (Wildman–Crippen MR) is 153 cm³/mol. The van der Waals surface area contributed by atoms with Gasteiger partial charge in [0.1, 0.15) is 0 Å². The highest BCUT2D eigenvalue weighted by atomic mass is 33.1. The minimum Gasteiger partial charge on any atom is -0.302 e. The molecule has 1 N–H and O–H groups in total. The monoisotopic (exact) mass is 634 g/mol. The lowest BCUT2D eigenvalue weighted by Crippen LogP contribution is -2.30. The Balaban J connectivity index is 2.16. The Hall–Kier alpha value is -2.61. The fourth-order valence-electron chi connectivity index (χ4n) is 4.32. The average Bonchev–Trinajstić information content (AvgIpc) is 2.92. The summed E-state index contributed by atoms with van der Waals surface area (Å²) in [6, 6.07) is 11.6. The Kier molecular flexibility index (Phi) is 11.5. The molecule has 0 saturated carbocycles. The molecular formula is C29H32F6N2O3S2. The zero-order valence-corrected chi connectivity index (χ0v) is 24.7. The molecule has 13 heteroatoms. The van der Waals surface area contributed by atoms with Gasteiger partial charge < -0.3 is 4.90 Å². The first-order chi connectivity index (χ1) is 19.6. The number of aromatic nitrogens is 1. The summed E-state index contributed by atoms with van der Waals surface area (Å²) in [6.45, 7) is 5.65. The molecule has 3 rings (SSSR count). The first-order valence-electron chi connectivity index (χ1n) is 13.4. The quantitative estimate of drug-likeness (QED) is 0.115. The number of alkyl halides is 6. The van der Waals surface area contributed by atoms with Gasteiger partial charge in [0.25, 0.3) is 0 Å². The van der Waals surface area contributed by atoms with Crippen LogP contribution in [0.1, 0.15) is 61.5 Å². The maximum atomic E-state index is 13.2. The molecule has 42 heavy (non-hydrogen) atoms. The van der Waals surface area contributed by atoms with Crippen LogP contribution in [0.5, 0.6) is 0 Å². The number of pyridine rings is 1. The average molecular weight is 635 g/mol. The van der Waals surface area contributed by atoms with Gasteiger partial charge in [0.2, 0.25) is 0 Å². The smallest absolute Gasteiger partial charge is 0.302 e. The number of unbranched alkanes of at least 4 members (excludes halogenated alkanes) is 2. The van der Waals surface area contributed by atoms with Gasteiger partial charge >= 0.3 is 21.5 Å². The first-order valence-corrected chi connectivity index (χ1v) is 16.2. The van der Waals surface area contributed by atoms with Crippen molar-refractivity contribution in [1.82, 2.24) is 9.88 Å². The van der Waals surface area contributed by atoms with Crippen LogP contribution in [0.25, 0.3) is 22.5 Å². The highest BCUT2D eigenvalue weighted by Gasteiger charge is 2.31. The SMILES string of the molecule is CCCCN(CCCC)CC(SS(=O)(=O)O)c1cc(-c2ccc(C(F)(F)F)cc2)nc(-c2ccc(C(F)(F)F)cc2)c1. The maximum Gasteiger partial charge on any atom is 0.416 e. The molecule has 0 spiro atoms. The zero-order valence-electron chi connectivity index (χ0n) is 23.0. The highest BCUT2D eigenvalue weighted by Crippen LogP contribution is 2.38. The molecule has 0 aliphatic rings. The van der Waals surface area contributed by atoms with Gasteiger partial charge in [-0.15, -0.1) is 0 Å². The Labute approximate surface area is 245 Å². The number of halogens is 6. The van der Waals surface area contributed by atoms with Crippen molar-refractivity contribution in [2.45, 2.75) is 57.1 Å². The van der Waals surface area contributed by atoms with Crippen molar-refractivity contribution >= 4 is 19.9 Å². The second-order valence-electron chi connectivity index (χ2n) is 9.84. The Morgan fingerprint density at radius 1 is 0.786 bits per heavy atom. The predicted octanol–water partition coefficient (Wildman–Crippen LogP) is 8.93. The fourth-order valence-corrected chi connectivity index (χ4v) is 6.53. The van der Waals surface area contributed by atoms with Crippen molar-refractivity contribution in [3.63, 3.8) is 0 Å². The fraction of sp³-hybridized carbons (Fsp3) is 0.414. The van der Waals surface area contributed by atoms with E-state index in [0.717, 1.165) is 49.9 Å². The molecule has 0 aliphatic carbocycles. The van der Waals surface area contributed by atoms with Crippen LogP contribution in [0.15, 0.2) is 60.7 Å². The van der Waals surface area contributed by atoms with Gasteiger partial charge in [0.05, 0.1) is 27.8 Å². The van der Waals surface area contributed by atoms with Gasteiger partial charge in [-0.25, -0.2) is 4.98 Å². The molecule has 1 atom stereocenters. The van der Waals surface area contributed by atoms with Crippen LogP contribution in [0.4, 0.5) is 26.3 Å². The molecule has 0 saturated heterocycles. The van der Waals surface area contributed by atoms with Crippen molar-refractivity contribution in [2.24, 2.45) is 0 Å². The second kappa shape index (κ2) is 14.2. The summed E-state index contributed by atoms with van der Waals surface area (Å²) in [4.78, 5) is 6.61. The van der Waals surface area contributed by atoms with E-state index in [1.165, 1.54) is 36.4 Å². The van der Waals surface area contributed by atoms with E-state index in [1.807, 2.05) is 13.8 Å². The highest BCUT2D eigenvalue weighted by molar-refractivity contribution is 8.70. The third-order valence-electron chi connectivity index (χ3n) is 6.55. The molecular weight excluding hydrogens is 602 g/mol. The van der Waals surface area contributed by atoms with Crippen LogP contribution in [-0.4, -0.2) is 42.5 Å². The van der Waals surface area contributed by atoms with Crippen LogP contribution >= 0.6 is 10.8 Å². The summed E-state index contributed by atoms with van der Waals surface area (Å²) in [5.74, 6) is 0. The van der Waals surface area contributed by atoms with Crippen LogP contribution in [-0.2, 0) is 21.5 Å². The van der Waals surface area contributed by atoms with E-state index >= 15 is 0 Å². The number of nitrogens with zero attached hydrogens (tertiary/aromatic N) is 2. The first kappa shape index (κ1) is 33.9. The molecule has 0 bridgehead atoms. The van der Waals surface area contributed by atoms with Gasteiger partial charge in [-0.1, -0.05) is 51.0 Å². The van der Waals surface area contributed by atoms with Gasteiger partial charge in [-0.05, 0) is 67.9 Å². The normalized spacial score (nSPS) is 13.5. The van der Waals surface area contributed by atoms with Crippen molar-refractivity contribution in [3.8, 4) is 22.5 Å². The second-order valence-corrected chi connectivity index (χ2v) is 13.3. The summed E-state index contributed by atoms with van der Waals surface area (Å²) in [5, 5.41) is -0.835. The lowest BCUT2D eigenvalue weighted by molar-refractivity contribution is -0.138. The van der Waals surface area contributed by atoms with Crippen LogP contribution < -0.4 is 0 Å². The van der Waals surface area contributed by atoms with Gasteiger partial charge in [-0.2, -0.15) is 34.8 Å². The van der Waals surface area contributed by atoms with E-state index in [-0.39, 0.29) is 17.9 Å². The molecule has 2 aromatic carbocycles. The van der Waals surface area contributed by atoms with Crippen molar-refractivity contribution in [1.29, 1.82) is 0 Å². The zero-order chi connectivity index (χ0) is 31.1. The Bertz CT molecular complexity index is 1330. The molecule has 0 aliphatic heterocycles. The number of rotatable bonds is 13. The van der Waals surface area contributed by atoms with E-state index in [2.05, 4.69) is 9.88 Å². The summed E-state index contributed by atoms with van der Waals surface area (Å²) < 4.78 is 113. The summed E-state index contributed by atoms with van der Waals surface area (Å²) in [7, 11) is -4.21. The van der Waals surface area contributed by atoms with Crippen LogP contribution in [0.2, 0.25) is 0 Å². The molecule has 1 heterocycles. The summed E-state index contributed by atoms with van der Waals surface area (Å²) in [6.07, 6.45) is -5.59. The molecule has 5 nitrogen and oxygen atoms in total. The molecule has 3 aromatic rings. The van der Waals surface area contributed by atoms with E-state index in [1.54, 1.807) is 0 Å². The number of hydrogen-bond acceptors (Lipinski definition) is 5. The third kappa shape index (κ3) is 9.99. The third-order valence-corrected chi connectivity index (χ3v) is 8.88. The molecule has 0 amide bonds. The summed E-state index contributed by atoms with van der Waals surface area (Å²) >= 11 is 0. The molecule has 1 unspecified atom stereocenters. The van der Waals surface area contributed by atoms with E-state index in [9.17, 15) is 39.3 Å². The van der Waals surface area contributed by atoms with Crippen molar-refractivity contribution in [3.05, 3.63) is 77.4 Å². The van der Waals surface area contributed by atoms with E-state index < -0.39 is 37.9 Å². The number of hydrogen-bond donors (Lipinski definition) is 1. The summed E-state index contributed by atoms with van der Waals surface area (Å²) in [5.41, 5.74) is -0.350. The topological polar surface area (TPSA) is 70.5 Å². The lowest BCUT2D eigenvalue weighted by atomic mass is 10.0. The van der Waals surface area contributed by atoms with Gasteiger partial charge in [0.15, 0.2) is 0 Å². The molecule has 0 fully saturated rings. The van der Waals surface area contributed by atoms with E-state index in [4.69, 9.17) is 0 Å². The molecule has 230 valence electrons. The van der Waals surface area contributed by atoms with Gasteiger partial charge in [0, 0.05) is 28.5 Å². The van der Waals surface area contributed by atoms with E-state index in [0.29, 0.717) is 40.6 Å². The van der Waals surface area contributed by atoms with Crippen molar-refractivity contribution < 1.29 is 39.3 Å². The molecule has 0 radical (unpaired) electrons. The Morgan fingerprint density at radius 2 is 1.19 bits per heavy atom. The minimum absolute atomic E-state index is 0.200. The lowest BCUT2D eigenvalue weighted by Gasteiger charge is -2.27.